The summed E-state index contributed by atoms with van der Waals surface area (Å²) in [5, 5.41) is 6.69. The molecule has 8 heteroatoms. The van der Waals surface area contributed by atoms with Crippen LogP contribution in [0.1, 0.15) is 5.56 Å². The molecule has 0 saturated carbocycles. The van der Waals surface area contributed by atoms with Gasteiger partial charge >= 0.3 is 6.18 Å². The summed E-state index contributed by atoms with van der Waals surface area (Å²) in [7, 11) is 1.50. The number of aromatic amines is 1. The molecule has 2 aromatic carbocycles. The number of hydrogen-bond donors (Lipinski definition) is 2. The predicted molar refractivity (Wildman–Crippen MR) is 83.2 cm³/mol. The smallest absolute Gasteiger partial charge is 0.416 e. The largest absolute Gasteiger partial charge is 0.496 e. The van der Waals surface area contributed by atoms with Crippen LogP contribution in [0.3, 0.4) is 0 Å². The van der Waals surface area contributed by atoms with E-state index in [2.05, 4.69) is 15.2 Å². The molecule has 1 heterocycles. The zero-order valence-corrected chi connectivity index (χ0v) is 12.6. The zero-order chi connectivity index (χ0) is 17.3. The maximum atomic E-state index is 12.8. The first kappa shape index (κ1) is 15.9. The maximum Gasteiger partial charge on any atom is 0.416 e. The molecule has 0 fully saturated rings. The Balaban J connectivity index is 2.02. The minimum absolute atomic E-state index is 0.153. The fourth-order valence-corrected chi connectivity index (χ4v) is 2.26. The summed E-state index contributed by atoms with van der Waals surface area (Å²) in [5.41, 5.74) is 6.34. The van der Waals surface area contributed by atoms with Crippen molar-refractivity contribution in [1.29, 1.82) is 0 Å². The third-order valence-corrected chi connectivity index (χ3v) is 3.41. The molecule has 0 aliphatic rings. The summed E-state index contributed by atoms with van der Waals surface area (Å²) >= 11 is 0. The highest BCUT2D eigenvalue weighted by Gasteiger charge is 2.30. The zero-order valence-electron chi connectivity index (χ0n) is 12.6. The summed E-state index contributed by atoms with van der Waals surface area (Å²) in [5.74, 6) is 1.03. The average molecular weight is 334 g/mol. The number of nitrogens with two attached hydrogens (primary N) is 1. The van der Waals surface area contributed by atoms with E-state index in [1.807, 2.05) is 0 Å². The topological polar surface area (TPSA) is 76.8 Å². The Kier molecular flexibility index (Phi) is 3.88. The van der Waals surface area contributed by atoms with Gasteiger partial charge in [-0.1, -0.05) is 12.1 Å². The molecule has 124 valence electrons. The molecule has 0 saturated heterocycles. The molecule has 3 N–H and O–H groups in total. The van der Waals surface area contributed by atoms with Crippen LogP contribution in [0.15, 0.2) is 42.5 Å². The summed E-state index contributed by atoms with van der Waals surface area (Å²) in [6, 6.07) is 9.83. The number of ether oxygens (including phenoxy) is 1. The van der Waals surface area contributed by atoms with Crippen LogP contribution in [-0.2, 0) is 6.18 Å². The number of benzene rings is 2. The van der Waals surface area contributed by atoms with Gasteiger partial charge in [0.05, 0.1) is 18.2 Å². The Morgan fingerprint density at radius 3 is 2.62 bits per heavy atom. The van der Waals surface area contributed by atoms with Gasteiger partial charge in [0.2, 0.25) is 0 Å². The Morgan fingerprint density at radius 1 is 1.12 bits per heavy atom. The van der Waals surface area contributed by atoms with Crippen LogP contribution >= 0.6 is 0 Å². The predicted octanol–water partition coefficient (Wildman–Crippen LogP) is 3.75. The second-order valence-corrected chi connectivity index (χ2v) is 5.05. The van der Waals surface area contributed by atoms with Crippen molar-refractivity contribution in [3.8, 4) is 28.5 Å². The summed E-state index contributed by atoms with van der Waals surface area (Å²) < 4.78 is 43.7. The first-order valence-electron chi connectivity index (χ1n) is 6.92. The number of hydrogen-bond acceptors (Lipinski definition) is 4. The normalized spacial score (nSPS) is 11.5. The third kappa shape index (κ3) is 3.03. The lowest BCUT2D eigenvalue weighted by Gasteiger charge is -2.07. The van der Waals surface area contributed by atoms with Crippen LogP contribution in [0, 0.1) is 0 Å². The minimum Gasteiger partial charge on any atom is -0.496 e. The molecule has 24 heavy (non-hydrogen) atoms. The van der Waals surface area contributed by atoms with Crippen LogP contribution in [0.4, 0.5) is 18.9 Å². The number of halogens is 3. The number of alkyl halides is 3. The number of rotatable bonds is 3. The van der Waals surface area contributed by atoms with E-state index >= 15 is 0 Å². The van der Waals surface area contributed by atoms with Crippen molar-refractivity contribution in [3.05, 3.63) is 48.0 Å². The standard InChI is InChI=1S/C16H13F3N4O/c1-24-13-6-5-11(20)8-12(13)15-21-14(22-23-15)9-3-2-4-10(7-9)16(17,18)19/h2-8H,20H2,1H3,(H,21,22,23). The molecule has 0 unspecified atom stereocenters. The molecule has 0 aliphatic heterocycles. The summed E-state index contributed by atoms with van der Waals surface area (Å²) in [6.45, 7) is 0. The number of methoxy groups -OCH3 is 1. The lowest BCUT2D eigenvalue weighted by molar-refractivity contribution is -0.137. The van der Waals surface area contributed by atoms with Crippen molar-refractivity contribution < 1.29 is 17.9 Å². The molecule has 0 amide bonds. The van der Waals surface area contributed by atoms with Crippen molar-refractivity contribution in [1.82, 2.24) is 15.2 Å². The van der Waals surface area contributed by atoms with Crippen LogP contribution in [0.5, 0.6) is 5.75 Å². The van der Waals surface area contributed by atoms with Gasteiger partial charge in [0, 0.05) is 11.3 Å². The number of aromatic nitrogens is 3. The fraction of sp³-hybridized carbons (Fsp3) is 0.125. The molecule has 3 rings (SSSR count). The van der Waals surface area contributed by atoms with E-state index in [0.29, 0.717) is 22.8 Å². The van der Waals surface area contributed by atoms with E-state index in [1.165, 1.54) is 19.2 Å². The molecule has 0 radical (unpaired) electrons. The molecule has 0 atom stereocenters. The highest BCUT2D eigenvalue weighted by atomic mass is 19.4. The molecule has 0 bridgehead atoms. The van der Waals surface area contributed by atoms with Gasteiger partial charge in [0.15, 0.2) is 11.6 Å². The van der Waals surface area contributed by atoms with Crippen molar-refractivity contribution in [2.24, 2.45) is 0 Å². The molecular formula is C16H13F3N4O. The van der Waals surface area contributed by atoms with Crippen molar-refractivity contribution in [2.45, 2.75) is 6.18 Å². The molecule has 5 nitrogen and oxygen atoms in total. The van der Waals surface area contributed by atoms with Crippen LogP contribution in [0.2, 0.25) is 0 Å². The van der Waals surface area contributed by atoms with Crippen molar-refractivity contribution in [3.63, 3.8) is 0 Å². The quantitative estimate of drug-likeness (QED) is 0.715. The molecule has 3 aromatic rings. The second-order valence-electron chi connectivity index (χ2n) is 5.05. The van der Waals surface area contributed by atoms with Gasteiger partial charge in [-0.05, 0) is 30.3 Å². The Hall–Kier alpha value is -3.03. The first-order valence-corrected chi connectivity index (χ1v) is 6.92. The third-order valence-electron chi connectivity index (χ3n) is 3.41. The van der Waals surface area contributed by atoms with E-state index in [1.54, 1.807) is 18.2 Å². The van der Waals surface area contributed by atoms with Crippen molar-refractivity contribution >= 4 is 5.69 Å². The van der Waals surface area contributed by atoms with Gasteiger partial charge in [-0.25, -0.2) is 4.98 Å². The lowest BCUT2D eigenvalue weighted by Crippen LogP contribution is -2.04. The van der Waals surface area contributed by atoms with E-state index in [-0.39, 0.29) is 11.4 Å². The van der Waals surface area contributed by atoms with E-state index < -0.39 is 11.7 Å². The van der Waals surface area contributed by atoms with E-state index in [0.717, 1.165) is 12.1 Å². The Labute approximate surface area is 135 Å². The molecular weight excluding hydrogens is 321 g/mol. The van der Waals surface area contributed by atoms with E-state index in [4.69, 9.17) is 10.5 Å². The highest BCUT2D eigenvalue weighted by molar-refractivity contribution is 5.70. The molecule has 0 spiro atoms. The van der Waals surface area contributed by atoms with Crippen LogP contribution < -0.4 is 10.5 Å². The van der Waals surface area contributed by atoms with Gasteiger partial charge in [0.1, 0.15) is 5.75 Å². The fourth-order valence-electron chi connectivity index (χ4n) is 2.26. The average Bonchev–Trinajstić information content (AvgIpc) is 3.04. The Morgan fingerprint density at radius 2 is 1.92 bits per heavy atom. The van der Waals surface area contributed by atoms with Gasteiger partial charge in [0.25, 0.3) is 0 Å². The SMILES string of the molecule is COc1ccc(N)cc1-c1nc(-c2cccc(C(F)(F)F)c2)n[nH]1. The number of H-pyrrole nitrogens is 1. The van der Waals surface area contributed by atoms with Gasteiger partial charge in [-0.3, -0.25) is 5.10 Å². The minimum atomic E-state index is -4.42. The van der Waals surface area contributed by atoms with Crippen LogP contribution in [0.25, 0.3) is 22.8 Å². The Bertz CT molecular complexity index is 874. The monoisotopic (exact) mass is 334 g/mol. The second kappa shape index (κ2) is 5.88. The number of nitrogens with one attached hydrogen (secondary N) is 1. The van der Waals surface area contributed by atoms with Crippen molar-refractivity contribution in [2.75, 3.05) is 12.8 Å². The van der Waals surface area contributed by atoms with Crippen LogP contribution in [-0.4, -0.2) is 22.3 Å². The molecule has 0 aliphatic carbocycles. The molecule has 1 aromatic heterocycles. The van der Waals surface area contributed by atoms with Gasteiger partial charge in [-0.15, -0.1) is 0 Å². The maximum absolute atomic E-state index is 12.8. The summed E-state index contributed by atoms with van der Waals surface area (Å²) in [4.78, 5) is 4.25. The number of nitrogens with zero attached hydrogens (tertiary/aromatic N) is 2. The van der Waals surface area contributed by atoms with E-state index in [9.17, 15) is 13.2 Å². The lowest BCUT2D eigenvalue weighted by atomic mass is 10.1. The summed E-state index contributed by atoms with van der Waals surface area (Å²) in [6.07, 6.45) is -4.42. The van der Waals surface area contributed by atoms with Gasteiger partial charge in [-0.2, -0.15) is 18.3 Å². The first-order chi connectivity index (χ1) is 11.4. The highest BCUT2D eigenvalue weighted by Crippen LogP contribution is 2.33. The number of anilines is 1. The van der Waals surface area contributed by atoms with Gasteiger partial charge < -0.3 is 10.5 Å². The number of nitrogen functional groups attached to an aromatic ring is 1.